The quantitative estimate of drug-likeness (QED) is 0.495. The molecule has 1 aliphatic carbocycles. The molecule has 0 aromatic heterocycles. The van der Waals surface area contributed by atoms with Gasteiger partial charge in [-0.1, -0.05) is 30.4 Å². The standard InChI is InChI=1S/C17H18O5/c1-21-16-9-5-6-12(17(16,20)22-2)10-11-15(19)13-7-3-4-8-14(13)18/h3-12,18,20H,1-2H3/b11-10+. The van der Waals surface area contributed by atoms with Crippen molar-refractivity contribution in [1.29, 1.82) is 0 Å². The molecule has 2 rings (SSSR count). The average Bonchev–Trinajstić information content (AvgIpc) is 2.54. The van der Waals surface area contributed by atoms with Crippen LogP contribution in [0.25, 0.3) is 0 Å². The van der Waals surface area contributed by atoms with Crippen LogP contribution in [-0.4, -0.2) is 36.0 Å². The van der Waals surface area contributed by atoms with Crippen LogP contribution in [0.2, 0.25) is 0 Å². The van der Waals surface area contributed by atoms with E-state index < -0.39 is 11.7 Å². The van der Waals surface area contributed by atoms with Gasteiger partial charge in [0.1, 0.15) is 5.75 Å². The number of benzene rings is 1. The number of phenolic OH excluding ortho intramolecular Hbond substituents is 1. The number of phenols is 1. The Morgan fingerprint density at radius 2 is 2.05 bits per heavy atom. The van der Waals surface area contributed by atoms with Gasteiger partial charge in [-0.2, -0.15) is 0 Å². The molecule has 1 aromatic carbocycles. The first-order valence-corrected chi connectivity index (χ1v) is 6.74. The maximum Gasteiger partial charge on any atom is 0.235 e. The minimum Gasteiger partial charge on any atom is -0.507 e. The fourth-order valence-corrected chi connectivity index (χ4v) is 2.29. The molecule has 0 spiro atoms. The zero-order valence-electron chi connectivity index (χ0n) is 12.4. The van der Waals surface area contributed by atoms with E-state index in [0.29, 0.717) is 0 Å². The smallest absolute Gasteiger partial charge is 0.235 e. The minimum atomic E-state index is -1.67. The third-order valence-corrected chi connectivity index (χ3v) is 3.53. The highest BCUT2D eigenvalue weighted by molar-refractivity contribution is 6.06. The van der Waals surface area contributed by atoms with E-state index >= 15 is 0 Å². The highest BCUT2D eigenvalue weighted by Crippen LogP contribution is 2.33. The Morgan fingerprint density at radius 1 is 1.32 bits per heavy atom. The van der Waals surface area contributed by atoms with E-state index in [9.17, 15) is 15.0 Å². The maximum atomic E-state index is 12.1. The Labute approximate surface area is 128 Å². The number of hydrogen-bond acceptors (Lipinski definition) is 5. The van der Waals surface area contributed by atoms with Gasteiger partial charge in [0.25, 0.3) is 0 Å². The molecule has 2 unspecified atom stereocenters. The minimum absolute atomic E-state index is 0.0872. The molecule has 5 heteroatoms. The van der Waals surface area contributed by atoms with Crippen LogP contribution in [0.5, 0.6) is 5.75 Å². The van der Waals surface area contributed by atoms with Crippen molar-refractivity contribution in [3.8, 4) is 5.75 Å². The summed E-state index contributed by atoms with van der Waals surface area (Å²) in [4.78, 5) is 12.1. The molecule has 0 heterocycles. The van der Waals surface area contributed by atoms with Crippen molar-refractivity contribution < 1.29 is 24.5 Å². The molecule has 0 fully saturated rings. The fraction of sp³-hybridized carbons (Fsp3) is 0.235. The molecule has 1 aromatic rings. The molecule has 0 radical (unpaired) electrons. The lowest BCUT2D eigenvalue weighted by atomic mass is 9.91. The van der Waals surface area contributed by atoms with Gasteiger partial charge in [0.05, 0.1) is 18.6 Å². The van der Waals surface area contributed by atoms with E-state index in [1.807, 2.05) is 0 Å². The normalized spacial score (nSPS) is 24.3. The van der Waals surface area contributed by atoms with Crippen molar-refractivity contribution in [3.05, 3.63) is 66.0 Å². The van der Waals surface area contributed by atoms with Crippen LogP contribution in [0.15, 0.2) is 60.4 Å². The lowest BCUT2D eigenvalue weighted by Crippen LogP contribution is -2.42. The lowest BCUT2D eigenvalue weighted by Gasteiger charge is -2.34. The third kappa shape index (κ3) is 2.95. The van der Waals surface area contributed by atoms with Crippen LogP contribution in [0.4, 0.5) is 0 Å². The molecular weight excluding hydrogens is 284 g/mol. The molecule has 0 saturated heterocycles. The molecule has 2 N–H and O–H groups in total. The van der Waals surface area contributed by atoms with Crippen LogP contribution in [0.1, 0.15) is 10.4 Å². The van der Waals surface area contributed by atoms with Gasteiger partial charge in [-0.15, -0.1) is 0 Å². The monoisotopic (exact) mass is 302 g/mol. The number of para-hydroxylation sites is 1. The summed E-state index contributed by atoms with van der Waals surface area (Å²) in [5.74, 6) is -2.46. The van der Waals surface area contributed by atoms with Gasteiger partial charge in [-0.3, -0.25) is 4.79 Å². The number of ketones is 1. The van der Waals surface area contributed by atoms with E-state index in [-0.39, 0.29) is 22.9 Å². The Kier molecular flexibility index (Phi) is 4.80. The number of carbonyl (C=O) groups is 1. The summed E-state index contributed by atoms with van der Waals surface area (Å²) in [6.07, 6.45) is 7.82. The second-order valence-electron chi connectivity index (χ2n) is 4.79. The molecule has 0 saturated carbocycles. The number of aliphatic hydroxyl groups is 1. The van der Waals surface area contributed by atoms with Gasteiger partial charge in [0.2, 0.25) is 5.79 Å². The number of rotatable bonds is 5. The molecule has 5 nitrogen and oxygen atoms in total. The molecule has 22 heavy (non-hydrogen) atoms. The van der Waals surface area contributed by atoms with E-state index in [1.54, 1.807) is 30.4 Å². The molecular formula is C17H18O5. The van der Waals surface area contributed by atoms with Gasteiger partial charge in [0.15, 0.2) is 11.5 Å². The molecule has 0 amide bonds. The van der Waals surface area contributed by atoms with Crippen molar-refractivity contribution in [1.82, 2.24) is 0 Å². The van der Waals surface area contributed by atoms with Crippen LogP contribution >= 0.6 is 0 Å². The SMILES string of the molecule is COC1=CC=CC(/C=C/C(=O)c2ccccc2O)C1(O)OC. The maximum absolute atomic E-state index is 12.1. The molecule has 2 atom stereocenters. The van der Waals surface area contributed by atoms with Crippen LogP contribution in [-0.2, 0) is 9.47 Å². The number of carbonyl (C=O) groups excluding carboxylic acids is 1. The Balaban J connectivity index is 2.23. The fourth-order valence-electron chi connectivity index (χ4n) is 2.29. The summed E-state index contributed by atoms with van der Waals surface area (Å²) in [6.45, 7) is 0. The highest BCUT2D eigenvalue weighted by atomic mass is 16.6. The first-order valence-electron chi connectivity index (χ1n) is 6.74. The van der Waals surface area contributed by atoms with Crippen molar-refractivity contribution in [2.75, 3.05) is 14.2 Å². The first-order chi connectivity index (χ1) is 10.5. The third-order valence-electron chi connectivity index (χ3n) is 3.53. The number of ether oxygens (including phenoxy) is 2. The van der Waals surface area contributed by atoms with Gasteiger partial charge in [-0.25, -0.2) is 0 Å². The van der Waals surface area contributed by atoms with Crippen LogP contribution in [0.3, 0.4) is 0 Å². The van der Waals surface area contributed by atoms with Crippen LogP contribution in [0, 0.1) is 5.92 Å². The van der Waals surface area contributed by atoms with Gasteiger partial charge in [0, 0.05) is 7.11 Å². The summed E-state index contributed by atoms with van der Waals surface area (Å²) < 4.78 is 10.3. The van der Waals surface area contributed by atoms with Gasteiger partial charge < -0.3 is 19.7 Å². The van der Waals surface area contributed by atoms with Crippen molar-refractivity contribution in [3.63, 3.8) is 0 Å². The average molecular weight is 302 g/mol. The van der Waals surface area contributed by atoms with Crippen LogP contribution < -0.4 is 0 Å². The summed E-state index contributed by atoms with van der Waals surface area (Å²) in [7, 11) is 2.79. The van der Waals surface area contributed by atoms with Gasteiger partial charge >= 0.3 is 0 Å². The summed E-state index contributed by atoms with van der Waals surface area (Å²) in [5.41, 5.74) is 0.196. The highest BCUT2D eigenvalue weighted by Gasteiger charge is 2.41. The molecule has 0 aliphatic heterocycles. The number of hydrogen-bond donors (Lipinski definition) is 2. The topological polar surface area (TPSA) is 76.0 Å². The number of methoxy groups -OCH3 is 2. The number of aromatic hydroxyl groups is 1. The second kappa shape index (κ2) is 6.60. The molecule has 116 valence electrons. The Morgan fingerprint density at radius 3 is 2.68 bits per heavy atom. The van der Waals surface area contributed by atoms with Crippen molar-refractivity contribution in [2.24, 2.45) is 5.92 Å². The summed E-state index contributed by atoms with van der Waals surface area (Å²) in [6, 6.07) is 6.28. The van der Waals surface area contributed by atoms with E-state index in [4.69, 9.17) is 9.47 Å². The second-order valence-corrected chi connectivity index (χ2v) is 4.79. The summed E-state index contributed by atoms with van der Waals surface area (Å²) >= 11 is 0. The van der Waals surface area contributed by atoms with Crippen molar-refractivity contribution >= 4 is 5.78 Å². The molecule has 0 bridgehead atoms. The van der Waals surface area contributed by atoms with E-state index in [2.05, 4.69) is 0 Å². The molecule has 1 aliphatic rings. The zero-order chi connectivity index (χ0) is 16.2. The summed E-state index contributed by atoms with van der Waals surface area (Å²) in [5, 5.41) is 20.2. The van der Waals surface area contributed by atoms with E-state index in [0.717, 1.165) is 0 Å². The predicted octanol–water partition coefficient (Wildman–Crippen LogP) is 2.18. The van der Waals surface area contributed by atoms with Gasteiger partial charge in [-0.05, 0) is 24.3 Å². The number of allylic oxidation sites excluding steroid dienone is 3. The predicted molar refractivity (Wildman–Crippen MR) is 81.3 cm³/mol. The first kappa shape index (κ1) is 16.0. The zero-order valence-corrected chi connectivity index (χ0v) is 12.4. The Hall–Kier alpha value is -2.37. The Bertz CT molecular complexity index is 644. The van der Waals surface area contributed by atoms with Crippen molar-refractivity contribution in [2.45, 2.75) is 5.79 Å². The lowest BCUT2D eigenvalue weighted by molar-refractivity contribution is -0.196. The largest absolute Gasteiger partial charge is 0.507 e. The van der Waals surface area contributed by atoms with E-state index in [1.165, 1.54) is 38.5 Å².